The van der Waals surface area contributed by atoms with Gasteiger partial charge in [-0.15, -0.1) is 0 Å². The average molecular weight is 320 g/mol. The highest BCUT2D eigenvalue weighted by molar-refractivity contribution is 6.01. The molecular formula is C13H20O9. The number of ketones is 1. The first-order chi connectivity index (χ1) is 10.2. The molecule has 0 aliphatic heterocycles. The molecule has 0 bridgehead atoms. The van der Waals surface area contributed by atoms with Crippen LogP contribution >= 0.6 is 0 Å². The van der Waals surface area contributed by atoms with Crippen molar-refractivity contribution in [3.63, 3.8) is 0 Å². The van der Waals surface area contributed by atoms with Crippen molar-refractivity contribution in [2.75, 3.05) is 27.4 Å². The van der Waals surface area contributed by atoms with E-state index in [4.69, 9.17) is 9.84 Å². The molecular weight excluding hydrogens is 300 g/mol. The van der Waals surface area contributed by atoms with Crippen molar-refractivity contribution >= 4 is 23.7 Å². The molecule has 0 radical (unpaired) electrons. The van der Waals surface area contributed by atoms with Crippen molar-refractivity contribution in [3.8, 4) is 0 Å². The molecule has 9 heteroatoms. The molecule has 0 rings (SSSR count). The number of hydrogen-bond acceptors (Lipinski definition) is 7. The van der Waals surface area contributed by atoms with Crippen LogP contribution in [0.1, 0.15) is 19.8 Å². The van der Waals surface area contributed by atoms with Crippen LogP contribution < -0.4 is 0 Å². The molecule has 22 heavy (non-hydrogen) atoms. The van der Waals surface area contributed by atoms with E-state index in [-0.39, 0.29) is 6.42 Å². The molecule has 2 atom stereocenters. The van der Waals surface area contributed by atoms with Crippen molar-refractivity contribution < 1.29 is 43.6 Å². The van der Waals surface area contributed by atoms with E-state index in [1.165, 1.54) is 21.1 Å². The zero-order valence-corrected chi connectivity index (χ0v) is 12.7. The molecule has 9 nitrogen and oxygen atoms in total. The summed E-state index contributed by atoms with van der Waals surface area (Å²) in [6, 6.07) is 0. The molecule has 0 aromatic rings. The van der Waals surface area contributed by atoms with Gasteiger partial charge in [0.2, 0.25) is 0 Å². The van der Waals surface area contributed by atoms with Crippen LogP contribution in [0.4, 0.5) is 0 Å². The highest BCUT2D eigenvalue weighted by Crippen LogP contribution is 2.32. The van der Waals surface area contributed by atoms with Crippen molar-refractivity contribution in [2.45, 2.75) is 25.4 Å². The summed E-state index contributed by atoms with van der Waals surface area (Å²) in [4.78, 5) is 46.1. The molecule has 0 aliphatic carbocycles. The molecule has 1 unspecified atom stereocenters. The van der Waals surface area contributed by atoms with E-state index in [1.807, 2.05) is 0 Å². The SMILES string of the molecule is CC[C@](CC(=O)O)(OC(=O)COC)C(C(=O)O)C(=O)COC. The molecule has 0 aromatic carbocycles. The second-order valence-corrected chi connectivity index (χ2v) is 4.57. The van der Waals surface area contributed by atoms with E-state index in [0.29, 0.717) is 0 Å². The molecule has 0 amide bonds. The lowest BCUT2D eigenvalue weighted by atomic mass is 9.79. The highest BCUT2D eigenvalue weighted by Gasteiger charge is 2.51. The Bertz CT molecular complexity index is 431. The maximum absolute atomic E-state index is 12.0. The van der Waals surface area contributed by atoms with Crippen molar-refractivity contribution in [3.05, 3.63) is 0 Å². The van der Waals surface area contributed by atoms with E-state index in [2.05, 4.69) is 9.47 Å². The first-order valence-electron chi connectivity index (χ1n) is 6.41. The van der Waals surface area contributed by atoms with Gasteiger partial charge in [0.25, 0.3) is 0 Å². The Kier molecular flexibility index (Phi) is 8.28. The second kappa shape index (κ2) is 9.11. The van der Waals surface area contributed by atoms with Gasteiger partial charge in [0.1, 0.15) is 18.8 Å². The zero-order valence-electron chi connectivity index (χ0n) is 12.7. The Hall–Kier alpha value is -2.00. The zero-order chi connectivity index (χ0) is 17.3. The van der Waals surface area contributed by atoms with Gasteiger partial charge >= 0.3 is 17.9 Å². The number of ether oxygens (including phenoxy) is 3. The van der Waals surface area contributed by atoms with Crippen LogP contribution in [0.15, 0.2) is 0 Å². The Morgan fingerprint density at radius 3 is 1.95 bits per heavy atom. The van der Waals surface area contributed by atoms with Gasteiger partial charge in [0, 0.05) is 14.2 Å². The lowest BCUT2D eigenvalue weighted by molar-refractivity contribution is -0.183. The number of carbonyl (C=O) groups is 4. The quantitative estimate of drug-likeness (QED) is 0.389. The minimum Gasteiger partial charge on any atom is -0.481 e. The predicted molar refractivity (Wildman–Crippen MR) is 71.3 cm³/mol. The molecule has 0 fully saturated rings. The normalized spacial score (nSPS) is 14.7. The topological polar surface area (TPSA) is 136 Å². The third kappa shape index (κ3) is 5.41. The van der Waals surface area contributed by atoms with Crippen LogP contribution in [0.2, 0.25) is 0 Å². The summed E-state index contributed by atoms with van der Waals surface area (Å²) in [6.07, 6.45) is -1.01. The average Bonchev–Trinajstić information content (AvgIpc) is 2.37. The van der Waals surface area contributed by atoms with Crippen LogP contribution in [-0.4, -0.2) is 66.9 Å². The second-order valence-electron chi connectivity index (χ2n) is 4.57. The van der Waals surface area contributed by atoms with Gasteiger partial charge in [-0.25, -0.2) is 4.79 Å². The largest absolute Gasteiger partial charge is 0.481 e. The molecule has 0 spiro atoms. The van der Waals surface area contributed by atoms with E-state index >= 15 is 0 Å². The number of Topliss-reactive ketones (excluding diaryl/α,β-unsaturated/α-hetero) is 1. The van der Waals surface area contributed by atoms with Gasteiger partial charge in [0.15, 0.2) is 11.7 Å². The monoisotopic (exact) mass is 320 g/mol. The summed E-state index contributed by atoms with van der Waals surface area (Å²) >= 11 is 0. The number of rotatable bonds is 11. The smallest absolute Gasteiger partial charge is 0.332 e. The molecule has 0 saturated heterocycles. The summed E-state index contributed by atoms with van der Waals surface area (Å²) < 4.78 is 14.2. The van der Waals surface area contributed by atoms with Gasteiger partial charge in [-0.2, -0.15) is 0 Å². The number of hydrogen-bond donors (Lipinski definition) is 2. The molecule has 2 N–H and O–H groups in total. The number of carboxylic acid groups (broad SMARTS) is 2. The van der Waals surface area contributed by atoms with Gasteiger partial charge in [-0.05, 0) is 6.42 Å². The number of carboxylic acids is 2. The maximum Gasteiger partial charge on any atom is 0.332 e. The number of esters is 1. The molecule has 0 aromatic heterocycles. The van der Waals surface area contributed by atoms with Crippen molar-refractivity contribution in [1.82, 2.24) is 0 Å². The van der Waals surface area contributed by atoms with E-state index in [1.54, 1.807) is 0 Å². The summed E-state index contributed by atoms with van der Waals surface area (Å²) in [5.74, 6) is -6.68. The van der Waals surface area contributed by atoms with Gasteiger partial charge in [-0.1, -0.05) is 6.92 Å². The van der Waals surface area contributed by atoms with Crippen LogP contribution in [0.25, 0.3) is 0 Å². The molecule has 0 heterocycles. The van der Waals surface area contributed by atoms with E-state index in [0.717, 1.165) is 0 Å². The first-order valence-corrected chi connectivity index (χ1v) is 6.41. The van der Waals surface area contributed by atoms with Gasteiger partial charge < -0.3 is 24.4 Å². The van der Waals surface area contributed by atoms with Gasteiger partial charge in [-0.3, -0.25) is 14.4 Å². The lowest BCUT2D eigenvalue weighted by Gasteiger charge is -2.35. The Morgan fingerprint density at radius 1 is 1.05 bits per heavy atom. The number of methoxy groups -OCH3 is 2. The fourth-order valence-electron chi connectivity index (χ4n) is 2.11. The van der Waals surface area contributed by atoms with Gasteiger partial charge in [0.05, 0.1) is 6.42 Å². The van der Waals surface area contributed by atoms with E-state index < -0.39 is 54.8 Å². The summed E-state index contributed by atoms with van der Waals surface area (Å²) in [7, 11) is 2.41. The lowest BCUT2D eigenvalue weighted by Crippen LogP contribution is -2.52. The minimum absolute atomic E-state index is 0.179. The molecule has 0 saturated carbocycles. The van der Waals surface area contributed by atoms with E-state index in [9.17, 15) is 24.3 Å². The minimum atomic E-state index is -2.01. The molecule has 126 valence electrons. The summed E-state index contributed by atoms with van der Waals surface area (Å²) in [5.41, 5.74) is -2.01. The summed E-state index contributed by atoms with van der Waals surface area (Å²) in [6.45, 7) is 0.394. The van der Waals surface area contributed by atoms with Crippen LogP contribution in [0.5, 0.6) is 0 Å². The highest BCUT2D eigenvalue weighted by atomic mass is 16.6. The Balaban J connectivity index is 5.74. The Morgan fingerprint density at radius 2 is 1.59 bits per heavy atom. The third-order valence-electron chi connectivity index (χ3n) is 3.01. The van der Waals surface area contributed by atoms with Crippen LogP contribution in [-0.2, 0) is 33.4 Å². The Labute approximate surface area is 127 Å². The van der Waals surface area contributed by atoms with Crippen LogP contribution in [0.3, 0.4) is 0 Å². The van der Waals surface area contributed by atoms with Crippen molar-refractivity contribution in [1.29, 1.82) is 0 Å². The summed E-state index contributed by atoms with van der Waals surface area (Å²) in [5, 5.41) is 18.3. The first kappa shape index (κ1) is 20.0. The third-order valence-corrected chi connectivity index (χ3v) is 3.01. The number of carbonyl (C=O) groups excluding carboxylic acids is 2. The predicted octanol–water partition coefficient (Wildman–Crippen LogP) is -0.284. The standard InChI is InChI=1S/C13H20O9/c1-4-13(5-9(15)16,22-10(17)7-21-3)11(12(18)19)8(14)6-20-2/h11H,4-7H2,1-3H3,(H,15,16)(H,18,19)/t11?,13-/m1/s1. The van der Waals surface area contributed by atoms with Crippen molar-refractivity contribution in [2.24, 2.45) is 5.92 Å². The fraction of sp³-hybridized carbons (Fsp3) is 0.692. The maximum atomic E-state index is 12.0. The van der Waals surface area contributed by atoms with Crippen LogP contribution in [0, 0.1) is 5.92 Å². The fourth-order valence-corrected chi connectivity index (χ4v) is 2.11. The number of aliphatic carboxylic acids is 2. The molecule has 0 aliphatic rings.